The molecule has 4 nitrogen and oxygen atoms in total. The predicted octanol–water partition coefficient (Wildman–Crippen LogP) is 3.49. The van der Waals surface area contributed by atoms with Crippen molar-refractivity contribution in [2.75, 3.05) is 11.4 Å². The molecule has 1 aromatic heterocycles. The average molecular weight is 302 g/mol. The van der Waals surface area contributed by atoms with Crippen molar-refractivity contribution < 1.29 is 0 Å². The number of hydrogen-bond acceptors (Lipinski definition) is 1. The predicted molar refractivity (Wildman–Crippen MR) is 94.5 cm³/mol. The molecule has 0 aliphatic carbocycles. The van der Waals surface area contributed by atoms with E-state index in [-0.39, 0.29) is 0 Å². The van der Waals surface area contributed by atoms with Crippen LogP contribution in [0.25, 0.3) is 5.69 Å². The molecule has 4 heteroatoms. The molecule has 1 aliphatic rings. The lowest BCUT2D eigenvalue weighted by Crippen LogP contribution is -2.35. The summed E-state index contributed by atoms with van der Waals surface area (Å²) < 4.78 is 2.05. The lowest BCUT2D eigenvalue weighted by molar-refractivity contribution is 1.01. The number of benzene rings is 2. The van der Waals surface area contributed by atoms with Crippen molar-refractivity contribution in [3.8, 4) is 5.69 Å². The van der Waals surface area contributed by atoms with Crippen molar-refractivity contribution >= 4 is 17.3 Å². The Morgan fingerprint density at radius 2 is 1.57 bits per heavy atom. The van der Waals surface area contributed by atoms with Crippen LogP contribution >= 0.6 is 0 Å². The molecule has 2 N–H and O–H groups in total. The highest BCUT2D eigenvalue weighted by Gasteiger charge is 2.21. The van der Waals surface area contributed by atoms with Crippen molar-refractivity contribution in [1.29, 1.82) is 0 Å². The third-order valence-corrected chi connectivity index (χ3v) is 4.16. The highest BCUT2D eigenvalue weighted by Crippen LogP contribution is 2.29. The fourth-order valence-electron chi connectivity index (χ4n) is 3.03. The number of rotatable bonds is 2. The molecule has 4 rings (SSSR count). The molecular formula is C19H18N4. The summed E-state index contributed by atoms with van der Waals surface area (Å²) in [6.07, 6.45) is 5.02. The number of guanidine groups is 1. The zero-order valence-electron chi connectivity index (χ0n) is 12.8. The van der Waals surface area contributed by atoms with E-state index in [1.807, 2.05) is 59.4 Å². The molecule has 0 amide bonds. The molecule has 2 aromatic carbocycles. The number of fused-ring (bicyclic) bond motifs is 1. The van der Waals surface area contributed by atoms with E-state index in [0.717, 1.165) is 30.0 Å². The van der Waals surface area contributed by atoms with Crippen molar-refractivity contribution in [2.45, 2.75) is 6.42 Å². The summed E-state index contributed by atoms with van der Waals surface area (Å²) in [5.74, 6) is 0.537. The highest BCUT2D eigenvalue weighted by atomic mass is 15.3. The molecule has 2 heterocycles. The molecular weight excluding hydrogens is 284 g/mol. The summed E-state index contributed by atoms with van der Waals surface area (Å²) in [6, 6.07) is 20.4. The summed E-state index contributed by atoms with van der Waals surface area (Å²) in [6.45, 7) is 0.875. The molecule has 0 radical (unpaired) electrons. The Kier molecular flexibility index (Phi) is 3.35. The first-order valence-corrected chi connectivity index (χ1v) is 7.75. The van der Waals surface area contributed by atoms with Crippen LogP contribution in [0.1, 0.15) is 5.56 Å². The Hall–Kier alpha value is -3.01. The lowest BCUT2D eigenvalue weighted by atomic mass is 10.2. The normalized spacial score (nSPS) is 14.1. The maximum atomic E-state index is 6.31. The zero-order chi connectivity index (χ0) is 15.6. The summed E-state index contributed by atoms with van der Waals surface area (Å²) in [5.41, 5.74) is 10.7. The maximum absolute atomic E-state index is 6.31. The molecule has 114 valence electrons. The lowest BCUT2D eigenvalue weighted by Gasteiger charge is -2.18. The second-order valence-electron chi connectivity index (χ2n) is 5.58. The summed E-state index contributed by atoms with van der Waals surface area (Å²) in [5, 5.41) is 0. The standard InChI is InChI=1S/C19H18N4/c20-19(23-14-11-15-7-1-3-9-17(15)23)21-16-8-2-4-10-18(16)22-12-5-6-13-22/h1-10,12-13H,11,14H2,(H2,20,21). The number of para-hydroxylation sites is 3. The van der Waals surface area contributed by atoms with Crippen LogP contribution in [0.4, 0.5) is 11.4 Å². The van der Waals surface area contributed by atoms with Crippen LogP contribution in [0.5, 0.6) is 0 Å². The van der Waals surface area contributed by atoms with E-state index in [0.29, 0.717) is 5.96 Å². The second-order valence-corrected chi connectivity index (χ2v) is 5.58. The smallest absolute Gasteiger partial charge is 0.201 e. The third-order valence-electron chi connectivity index (χ3n) is 4.16. The summed E-state index contributed by atoms with van der Waals surface area (Å²) >= 11 is 0. The molecule has 0 saturated heterocycles. The molecule has 23 heavy (non-hydrogen) atoms. The summed E-state index contributed by atoms with van der Waals surface area (Å²) in [4.78, 5) is 6.78. The number of nitrogens with zero attached hydrogens (tertiary/aromatic N) is 3. The van der Waals surface area contributed by atoms with Gasteiger partial charge >= 0.3 is 0 Å². The van der Waals surface area contributed by atoms with Crippen molar-refractivity contribution in [3.05, 3.63) is 78.6 Å². The fourth-order valence-corrected chi connectivity index (χ4v) is 3.03. The molecule has 0 fully saturated rings. The second kappa shape index (κ2) is 5.65. The van der Waals surface area contributed by atoms with Gasteiger partial charge in [-0.15, -0.1) is 0 Å². The fraction of sp³-hybridized carbons (Fsp3) is 0.105. The summed E-state index contributed by atoms with van der Waals surface area (Å²) in [7, 11) is 0. The van der Waals surface area contributed by atoms with Crippen molar-refractivity contribution in [3.63, 3.8) is 0 Å². The van der Waals surface area contributed by atoms with Crippen LogP contribution in [0.2, 0.25) is 0 Å². The van der Waals surface area contributed by atoms with Gasteiger partial charge in [0, 0.05) is 24.6 Å². The quantitative estimate of drug-likeness (QED) is 0.582. The Morgan fingerprint density at radius 3 is 2.39 bits per heavy atom. The van der Waals surface area contributed by atoms with Gasteiger partial charge in [-0.2, -0.15) is 0 Å². The van der Waals surface area contributed by atoms with E-state index >= 15 is 0 Å². The first-order valence-electron chi connectivity index (χ1n) is 7.75. The SMILES string of the molecule is NC(=Nc1ccccc1-n1cccc1)N1CCc2ccccc21. The minimum Gasteiger partial charge on any atom is -0.369 e. The van der Waals surface area contributed by atoms with Gasteiger partial charge in [-0.1, -0.05) is 30.3 Å². The van der Waals surface area contributed by atoms with Gasteiger partial charge in [0.25, 0.3) is 0 Å². The van der Waals surface area contributed by atoms with Crippen molar-refractivity contribution in [2.24, 2.45) is 10.7 Å². The van der Waals surface area contributed by atoms with E-state index in [1.165, 1.54) is 5.56 Å². The molecule has 0 atom stereocenters. The van der Waals surface area contributed by atoms with E-state index in [1.54, 1.807) is 0 Å². The average Bonchev–Trinajstić information content (AvgIpc) is 3.25. The number of aliphatic imine (C=N–C) groups is 1. The third kappa shape index (κ3) is 2.48. The number of nitrogens with two attached hydrogens (primary N) is 1. The van der Waals surface area contributed by atoms with Crippen LogP contribution in [-0.2, 0) is 6.42 Å². The van der Waals surface area contributed by atoms with E-state index in [9.17, 15) is 0 Å². The Labute approximate surface area is 135 Å². The Balaban J connectivity index is 1.72. The van der Waals surface area contributed by atoms with Gasteiger partial charge in [0.15, 0.2) is 0 Å². The van der Waals surface area contributed by atoms with Crippen molar-refractivity contribution in [1.82, 2.24) is 4.57 Å². The maximum Gasteiger partial charge on any atom is 0.201 e. The molecule has 3 aromatic rings. The van der Waals surface area contributed by atoms with Gasteiger partial charge < -0.3 is 15.2 Å². The van der Waals surface area contributed by atoms with Gasteiger partial charge in [0.1, 0.15) is 0 Å². The van der Waals surface area contributed by atoms with Crippen LogP contribution in [0, 0.1) is 0 Å². The number of hydrogen-bond donors (Lipinski definition) is 1. The minimum atomic E-state index is 0.537. The number of aromatic nitrogens is 1. The van der Waals surface area contributed by atoms with Crippen LogP contribution in [0.15, 0.2) is 78.0 Å². The molecule has 0 bridgehead atoms. The first-order chi connectivity index (χ1) is 11.3. The van der Waals surface area contributed by atoms with Crippen LogP contribution in [0.3, 0.4) is 0 Å². The Morgan fingerprint density at radius 1 is 0.870 bits per heavy atom. The van der Waals surface area contributed by atoms with Gasteiger partial charge in [-0.05, 0) is 42.3 Å². The van der Waals surface area contributed by atoms with Gasteiger partial charge in [-0.3, -0.25) is 0 Å². The number of anilines is 1. The van der Waals surface area contributed by atoms with Gasteiger partial charge in [-0.25, -0.2) is 4.99 Å². The van der Waals surface area contributed by atoms with Crippen LogP contribution in [-0.4, -0.2) is 17.1 Å². The molecule has 0 saturated carbocycles. The molecule has 0 unspecified atom stereocenters. The van der Waals surface area contributed by atoms with E-state index < -0.39 is 0 Å². The van der Waals surface area contributed by atoms with Crippen LogP contribution < -0.4 is 10.6 Å². The van der Waals surface area contributed by atoms with E-state index in [2.05, 4.69) is 23.1 Å². The van der Waals surface area contributed by atoms with E-state index in [4.69, 9.17) is 10.7 Å². The minimum absolute atomic E-state index is 0.537. The zero-order valence-corrected chi connectivity index (χ0v) is 12.8. The monoisotopic (exact) mass is 302 g/mol. The van der Waals surface area contributed by atoms with Gasteiger partial charge in [0.2, 0.25) is 5.96 Å². The van der Waals surface area contributed by atoms with Gasteiger partial charge in [0.05, 0.1) is 11.4 Å². The first kappa shape index (κ1) is 13.6. The Bertz CT molecular complexity index is 849. The highest BCUT2D eigenvalue weighted by molar-refractivity contribution is 5.98. The largest absolute Gasteiger partial charge is 0.369 e. The molecule has 1 aliphatic heterocycles. The molecule has 0 spiro atoms. The topological polar surface area (TPSA) is 46.5 Å².